The van der Waals surface area contributed by atoms with Crippen molar-refractivity contribution in [1.82, 2.24) is 9.97 Å². The first-order valence-corrected chi connectivity index (χ1v) is 7.67. The molecule has 104 valence electrons. The van der Waals surface area contributed by atoms with Crippen molar-refractivity contribution in [1.29, 1.82) is 0 Å². The number of thiophene rings is 1. The summed E-state index contributed by atoms with van der Waals surface area (Å²) >= 11 is 1.77. The number of rotatable bonds is 3. The zero-order valence-corrected chi connectivity index (χ0v) is 12.8. The smallest absolute Gasteiger partial charge is 0.112 e. The van der Waals surface area contributed by atoms with E-state index in [4.69, 9.17) is 0 Å². The molecule has 3 rings (SSSR count). The Hall–Kier alpha value is -1.81. The zero-order chi connectivity index (χ0) is 14.2. The molecule has 0 fully saturated rings. The highest BCUT2D eigenvalue weighted by molar-refractivity contribution is 7.09. The molecule has 20 heavy (non-hydrogen) atoms. The number of anilines is 1. The molecule has 0 bridgehead atoms. The van der Waals surface area contributed by atoms with Crippen molar-refractivity contribution < 1.29 is 0 Å². The Bertz CT molecular complexity index is 705. The Morgan fingerprint density at radius 2 is 2.10 bits per heavy atom. The predicted molar refractivity (Wildman–Crippen MR) is 86.4 cm³/mol. The summed E-state index contributed by atoms with van der Waals surface area (Å²) in [5.74, 6) is 1.03. The zero-order valence-electron chi connectivity index (χ0n) is 12.0. The third-order valence-corrected chi connectivity index (χ3v) is 4.12. The molecule has 0 radical (unpaired) electrons. The maximum absolute atomic E-state index is 4.65. The normalized spacial score (nSPS) is 11.9. The second kappa shape index (κ2) is 4.94. The van der Waals surface area contributed by atoms with Gasteiger partial charge in [-0.1, -0.05) is 26.8 Å². The maximum Gasteiger partial charge on any atom is 0.112 e. The van der Waals surface area contributed by atoms with Crippen LogP contribution in [0.15, 0.2) is 35.7 Å². The van der Waals surface area contributed by atoms with E-state index in [0.29, 0.717) is 0 Å². The van der Waals surface area contributed by atoms with Gasteiger partial charge in [0.25, 0.3) is 0 Å². The summed E-state index contributed by atoms with van der Waals surface area (Å²) in [4.78, 5) is 9.41. The summed E-state index contributed by atoms with van der Waals surface area (Å²) in [5, 5.41) is 5.55. The number of imidazole rings is 1. The number of aromatic amines is 1. The number of nitrogens with one attached hydrogen (secondary N) is 2. The van der Waals surface area contributed by atoms with Crippen LogP contribution in [0.3, 0.4) is 0 Å². The Balaban J connectivity index is 1.83. The third-order valence-electron chi connectivity index (χ3n) is 3.24. The fourth-order valence-electron chi connectivity index (χ4n) is 2.08. The average molecular weight is 285 g/mol. The molecule has 2 N–H and O–H groups in total. The number of nitrogens with zero attached hydrogens (tertiary/aromatic N) is 1. The maximum atomic E-state index is 4.65. The molecule has 0 aliphatic rings. The molecular formula is C16H19N3S. The molecular weight excluding hydrogens is 266 g/mol. The van der Waals surface area contributed by atoms with Gasteiger partial charge in [0.15, 0.2) is 0 Å². The first-order chi connectivity index (χ1) is 9.52. The van der Waals surface area contributed by atoms with Crippen molar-refractivity contribution in [3.63, 3.8) is 0 Å². The van der Waals surface area contributed by atoms with Crippen LogP contribution in [0, 0.1) is 0 Å². The van der Waals surface area contributed by atoms with E-state index >= 15 is 0 Å². The van der Waals surface area contributed by atoms with Gasteiger partial charge in [0.2, 0.25) is 0 Å². The lowest BCUT2D eigenvalue weighted by atomic mass is 9.96. The van der Waals surface area contributed by atoms with E-state index in [1.165, 1.54) is 4.88 Å². The largest absolute Gasteiger partial charge is 0.380 e. The third kappa shape index (κ3) is 2.70. The van der Waals surface area contributed by atoms with E-state index < -0.39 is 0 Å². The lowest BCUT2D eigenvalue weighted by molar-refractivity contribution is 0.554. The number of aromatic nitrogens is 2. The van der Waals surface area contributed by atoms with Gasteiger partial charge in [-0.3, -0.25) is 0 Å². The first-order valence-electron chi connectivity index (χ1n) is 6.79. The van der Waals surface area contributed by atoms with Gasteiger partial charge in [-0.25, -0.2) is 4.98 Å². The number of fused-ring (bicyclic) bond motifs is 1. The molecule has 0 aliphatic carbocycles. The van der Waals surface area contributed by atoms with E-state index in [2.05, 4.69) is 71.8 Å². The second-order valence-electron chi connectivity index (χ2n) is 6.00. The molecule has 0 aliphatic heterocycles. The standard InChI is InChI=1S/C16H19N3S/c1-16(2,3)15-18-13-7-6-11(9-14(13)19-15)17-10-12-5-4-8-20-12/h4-9,17H,10H2,1-3H3,(H,18,19). The van der Waals surface area contributed by atoms with Crippen molar-refractivity contribution in [2.24, 2.45) is 0 Å². The summed E-state index contributed by atoms with van der Waals surface area (Å²) in [7, 11) is 0. The SMILES string of the molecule is CC(C)(C)c1nc2ccc(NCc3cccs3)cc2[nH]1. The van der Waals surface area contributed by atoms with E-state index in [9.17, 15) is 0 Å². The Labute approximate surface area is 123 Å². The van der Waals surface area contributed by atoms with Gasteiger partial charge in [0.1, 0.15) is 5.82 Å². The van der Waals surface area contributed by atoms with Crippen LogP contribution < -0.4 is 5.32 Å². The van der Waals surface area contributed by atoms with Crippen molar-refractivity contribution in [3.8, 4) is 0 Å². The molecule has 1 aromatic carbocycles. The number of benzene rings is 1. The van der Waals surface area contributed by atoms with Gasteiger partial charge in [-0.15, -0.1) is 11.3 Å². The van der Waals surface area contributed by atoms with Crippen LogP contribution in [-0.4, -0.2) is 9.97 Å². The molecule has 3 nitrogen and oxygen atoms in total. The fraction of sp³-hybridized carbons (Fsp3) is 0.312. The average Bonchev–Trinajstić information content (AvgIpc) is 3.04. The number of hydrogen-bond donors (Lipinski definition) is 2. The fourth-order valence-corrected chi connectivity index (χ4v) is 2.72. The quantitative estimate of drug-likeness (QED) is 0.742. The summed E-state index contributed by atoms with van der Waals surface area (Å²) in [6.07, 6.45) is 0. The molecule has 3 aromatic rings. The van der Waals surface area contributed by atoms with Crippen LogP contribution in [0.25, 0.3) is 11.0 Å². The summed E-state index contributed by atoms with van der Waals surface area (Å²) < 4.78 is 0. The minimum absolute atomic E-state index is 0.0452. The Morgan fingerprint density at radius 1 is 1.25 bits per heavy atom. The first kappa shape index (κ1) is 13.2. The van der Waals surface area contributed by atoms with Crippen molar-refractivity contribution in [2.75, 3.05) is 5.32 Å². The highest BCUT2D eigenvalue weighted by Crippen LogP contribution is 2.24. The van der Waals surface area contributed by atoms with Crippen LogP contribution in [0.5, 0.6) is 0 Å². The lowest BCUT2D eigenvalue weighted by Gasteiger charge is -2.13. The van der Waals surface area contributed by atoms with E-state index in [1.807, 2.05) is 0 Å². The topological polar surface area (TPSA) is 40.7 Å². The minimum atomic E-state index is 0.0452. The highest BCUT2D eigenvalue weighted by Gasteiger charge is 2.18. The second-order valence-corrected chi connectivity index (χ2v) is 7.03. The Morgan fingerprint density at radius 3 is 2.80 bits per heavy atom. The molecule has 4 heteroatoms. The van der Waals surface area contributed by atoms with Gasteiger partial charge >= 0.3 is 0 Å². The van der Waals surface area contributed by atoms with E-state index in [0.717, 1.165) is 29.1 Å². The Kier molecular flexibility index (Phi) is 3.26. The van der Waals surface area contributed by atoms with Crippen LogP contribution in [-0.2, 0) is 12.0 Å². The lowest BCUT2D eigenvalue weighted by Crippen LogP contribution is -2.12. The van der Waals surface area contributed by atoms with Crippen molar-refractivity contribution in [2.45, 2.75) is 32.7 Å². The molecule has 0 unspecified atom stereocenters. The van der Waals surface area contributed by atoms with Gasteiger partial charge in [0.05, 0.1) is 11.0 Å². The van der Waals surface area contributed by atoms with Gasteiger partial charge in [-0.05, 0) is 29.6 Å². The van der Waals surface area contributed by atoms with Gasteiger partial charge < -0.3 is 10.3 Å². The molecule has 0 atom stereocenters. The molecule has 0 saturated carbocycles. The van der Waals surface area contributed by atoms with Crippen LogP contribution in [0.2, 0.25) is 0 Å². The summed E-state index contributed by atoms with van der Waals surface area (Å²) in [6.45, 7) is 7.37. The molecule has 2 heterocycles. The van der Waals surface area contributed by atoms with E-state index in [-0.39, 0.29) is 5.41 Å². The number of hydrogen-bond acceptors (Lipinski definition) is 3. The predicted octanol–water partition coefficient (Wildman–Crippen LogP) is 4.53. The summed E-state index contributed by atoms with van der Waals surface area (Å²) in [5.41, 5.74) is 3.28. The number of H-pyrrole nitrogens is 1. The van der Waals surface area contributed by atoms with E-state index in [1.54, 1.807) is 11.3 Å². The molecule has 2 aromatic heterocycles. The van der Waals surface area contributed by atoms with Crippen LogP contribution in [0.1, 0.15) is 31.5 Å². The van der Waals surface area contributed by atoms with Crippen molar-refractivity contribution >= 4 is 28.1 Å². The van der Waals surface area contributed by atoms with Gasteiger partial charge in [0, 0.05) is 22.5 Å². The van der Waals surface area contributed by atoms with Crippen LogP contribution >= 0.6 is 11.3 Å². The molecule has 0 amide bonds. The summed E-state index contributed by atoms with van der Waals surface area (Å²) in [6, 6.07) is 10.5. The minimum Gasteiger partial charge on any atom is -0.380 e. The van der Waals surface area contributed by atoms with Gasteiger partial charge in [-0.2, -0.15) is 0 Å². The monoisotopic (exact) mass is 285 g/mol. The van der Waals surface area contributed by atoms with Crippen molar-refractivity contribution in [3.05, 3.63) is 46.4 Å². The molecule has 0 spiro atoms. The highest BCUT2D eigenvalue weighted by atomic mass is 32.1. The van der Waals surface area contributed by atoms with Crippen LogP contribution in [0.4, 0.5) is 5.69 Å². The molecule has 0 saturated heterocycles.